The fraction of sp³-hybridized carbons (Fsp3) is 1.00. The molecule has 0 aromatic heterocycles. The Bertz CT molecular complexity index is 55.3. The normalized spacial score (nSPS) is 18.0. The van der Waals surface area contributed by atoms with Crippen molar-refractivity contribution >= 4 is 19.0 Å². The maximum absolute atomic E-state index is 8.57. The molecule has 1 N–H and O–H groups in total. The highest BCUT2D eigenvalue weighted by molar-refractivity contribution is 6.68. The predicted octanol–water partition coefficient (Wildman–Crippen LogP) is -0.664. The second-order valence-electron chi connectivity index (χ2n) is 1.60. The van der Waals surface area contributed by atoms with Crippen LogP contribution in [0.25, 0.3) is 0 Å². The first kappa shape index (κ1) is 8.31. The van der Waals surface area contributed by atoms with Crippen LogP contribution in [0.5, 0.6) is 0 Å². The zero-order valence-corrected chi connectivity index (χ0v) is 6.97. The lowest BCUT2D eigenvalue weighted by molar-refractivity contribution is 0.248. The van der Waals surface area contributed by atoms with Gasteiger partial charge in [-0.25, -0.2) is 0 Å². The molecular formula is C3H9O3Si2. The third kappa shape index (κ3) is 2.06. The highest BCUT2D eigenvalue weighted by atomic mass is 28.4. The van der Waals surface area contributed by atoms with E-state index in [-0.39, 0.29) is 6.23 Å². The zero-order valence-electron chi connectivity index (χ0n) is 4.97. The Morgan fingerprint density at radius 1 is 1.75 bits per heavy atom. The van der Waals surface area contributed by atoms with Gasteiger partial charge in [0.1, 0.15) is 0 Å². The maximum Gasteiger partial charge on any atom is 0.350 e. The van der Waals surface area contributed by atoms with Crippen LogP contribution in [0.2, 0.25) is 6.55 Å². The van der Waals surface area contributed by atoms with Gasteiger partial charge < -0.3 is 13.6 Å². The first-order valence-corrected chi connectivity index (χ1v) is 5.12. The summed E-state index contributed by atoms with van der Waals surface area (Å²) in [5, 5.41) is 8.57. The van der Waals surface area contributed by atoms with E-state index in [0.717, 1.165) is 0 Å². The number of hydrogen-bond donors (Lipinski definition) is 1. The van der Waals surface area contributed by atoms with Gasteiger partial charge in [0, 0.05) is 7.11 Å². The summed E-state index contributed by atoms with van der Waals surface area (Å²) in [7, 11) is 2.13. The molecule has 5 heteroatoms. The van der Waals surface area contributed by atoms with Gasteiger partial charge in [-0.15, -0.1) is 0 Å². The summed E-state index contributed by atoms with van der Waals surface area (Å²) < 4.78 is 9.56. The summed E-state index contributed by atoms with van der Waals surface area (Å²) in [4.78, 5) is 0. The third-order valence-corrected chi connectivity index (χ3v) is 4.10. The number of aliphatic hydroxyl groups is 1. The van der Waals surface area contributed by atoms with E-state index in [4.69, 9.17) is 13.6 Å². The van der Waals surface area contributed by atoms with Crippen molar-refractivity contribution in [2.24, 2.45) is 0 Å². The zero-order chi connectivity index (χ0) is 6.62. The molecule has 1 atom stereocenters. The summed E-state index contributed by atoms with van der Waals surface area (Å²) in [6.45, 7) is 1.75. The Balaban J connectivity index is 3.58. The van der Waals surface area contributed by atoms with Gasteiger partial charge in [-0.3, -0.25) is 0 Å². The average molecular weight is 149 g/mol. The van der Waals surface area contributed by atoms with Gasteiger partial charge in [0.25, 0.3) is 0 Å². The highest BCUT2D eigenvalue weighted by Gasteiger charge is 2.26. The van der Waals surface area contributed by atoms with Crippen LogP contribution < -0.4 is 0 Å². The number of rotatable bonds is 3. The van der Waals surface area contributed by atoms with Crippen molar-refractivity contribution in [3.63, 3.8) is 0 Å². The van der Waals surface area contributed by atoms with E-state index in [1.807, 2.05) is 0 Å². The quantitative estimate of drug-likeness (QED) is 0.541. The Hall–Kier alpha value is 0.314. The molecule has 3 nitrogen and oxygen atoms in total. The topological polar surface area (TPSA) is 38.7 Å². The minimum Gasteiger partial charge on any atom is -0.435 e. The molecule has 0 saturated carbocycles. The molecule has 0 fully saturated rings. The molecular weight excluding hydrogens is 140 g/mol. The van der Waals surface area contributed by atoms with Crippen molar-refractivity contribution in [2.45, 2.75) is 6.55 Å². The lowest BCUT2D eigenvalue weighted by Crippen LogP contribution is -2.41. The molecule has 1 unspecified atom stereocenters. The number of hydrogen-bond acceptors (Lipinski definition) is 3. The first-order valence-electron chi connectivity index (χ1n) is 2.19. The average Bonchev–Trinajstić information content (AvgIpc) is 1.87. The van der Waals surface area contributed by atoms with Crippen LogP contribution in [-0.2, 0) is 8.54 Å². The third-order valence-electron chi connectivity index (χ3n) is 0.935. The molecule has 0 aliphatic rings. The Morgan fingerprint density at radius 3 is 2.25 bits per heavy atom. The van der Waals surface area contributed by atoms with Crippen molar-refractivity contribution in [3.8, 4) is 0 Å². The van der Waals surface area contributed by atoms with Crippen LogP contribution in [0.1, 0.15) is 0 Å². The molecule has 0 saturated heterocycles. The molecule has 0 aromatic rings. The Labute approximate surface area is 53.4 Å². The van der Waals surface area contributed by atoms with E-state index in [9.17, 15) is 0 Å². The molecule has 0 aromatic carbocycles. The summed E-state index contributed by atoms with van der Waals surface area (Å²) >= 11 is 0. The molecule has 0 spiro atoms. The summed E-state index contributed by atoms with van der Waals surface area (Å²) in [6, 6.07) is 0. The fourth-order valence-electron chi connectivity index (χ4n) is 0.138. The molecule has 3 radical (unpaired) electrons. The molecule has 47 valence electrons. The van der Waals surface area contributed by atoms with E-state index in [0.29, 0.717) is 0 Å². The molecule has 8 heavy (non-hydrogen) atoms. The largest absolute Gasteiger partial charge is 0.435 e. The van der Waals surface area contributed by atoms with Crippen LogP contribution in [-0.4, -0.2) is 37.5 Å². The Kier molecular flexibility index (Phi) is 3.49. The van der Waals surface area contributed by atoms with Crippen molar-refractivity contribution in [3.05, 3.63) is 0 Å². The van der Waals surface area contributed by atoms with Crippen molar-refractivity contribution in [1.82, 2.24) is 0 Å². The standard InChI is InChI=1S/C3H9O3Si2/c1-5-8(2,3-4)6-7/h4H,3H2,1-2H3. The molecule has 0 rings (SSSR count). The molecule has 0 heterocycles. The van der Waals surface area contributed by atoms with Gasteiger partial charge in [0.2, 0.25) is 10.5 Å². The van der Waals surface area contributed by atoms with Gasteiger partial charge >= 0.3 is 8.56 Å². The van der Waals surface area contributed by atoms with Crippen molar-refractivity contribution < 1.29 is 13.6 Å². The van der Waals surface area contributed by atoms with E-state index in [1.54, 1.807) is 6.55 Å². The maximum atomic E-state index is 8.57. The van der Waals surface area contributed by atoms with E-state index >= 15 is 0 Å². The predicted molar refractivity (Wildman–Crippen MR) is 32.6 cm³/mol. The molecule has 0 bridgehead atoms. The summed E-state index contributed by atoms with van der Waals surface area (Å²) in [6.07, 6.45) is -0.0347. The molecule has 0 amide bonds. The minimum atomic E-state index is -2.20. The minimum absolute atomic E-state index is 0.0347. The van der Waals surface area contributed by atoms with Gasteiger partial charge in [-0.05, 0) is 6.55 Å². The van der Waals surface area contributed by atoms with Crippen molar-refractivity contribution in [1.29, 1.82) is 0 Å². The van der Waals surface area contributed by atoms with Crippen LogP contribution in [0.4, 0.5) is 0 Å². The van der Waals surface area contributed by atoms with Gasteiger partial charge in [-0.2, -0.15) is 0 Å². The van der Waals surface area contributed by atoms with Gasteiger partial charge in [-0.1, -0.05) is 0 Å². The van der Waals surface area contributed by atoms with E-state index < -0.39 is 8.56 Å². The van der Waals surface area contributed by atoms with Gasteiger partial charge in [0.05, 0.1) is 6.23 Å². The highest BCUT2D eigenvalue weighted by Crippen LogP contribution is 1.99. The summed E-state index contributed by atoms with van der Waals surface area (Å²) in [5.41, 5.74) is 0. The van der Waals surface area contributed by atoms with Gasteiger partial charge in [0.15, 0.2) is 0 Å². The van der Waals surface area contributed by atoms with Crippen LogP contribution in [0.15, 0.2) is 0 Å². The lowest BCUT2D eigenvalue weighted by Gasteiger charge is -2.19. The van der Waals surface area contributed by atoms with E-state index in [2.05, 4.69) is 10.5 Å². The fourth-order valence-corrected chi connectivity index (χ4v) is 0.859. The lowest BCUT2D eigenvalue weighted by atomic mass is 11.7. The van der Waals surface area contributed by atoms with Crippen LogP contribution in [0, 0.1) is 0 Å². The molecule has 0 aliphatic carbocycles. The number of aliphatic hydroxyl groups excluding tert-OH is 1. The second kappa shape index (κ2) is 3.36. The summed E-state index contributed by atoms with van der Waals surface area (Å²) in [5.74, 6) is 0. The van der Waals surface area contributed by atoms with Crippen molar-refractivity contribution in [2.75, 3.05) is 13.3 Å². The Morgan fingerprint density at radius 2 is 2.25 bits per heavy atom. The second-order valence-corrected chi connectivity index (χ2v) is 5.41. The molecule has 0 aliphatic heterocycles. The SMILES string of the molecule is CO[Si](C)(CO)O[Si]. The van der Waals surface area contributed by atoms with Crippen LogP contribution in [0.3, 0.4) is 0 Å². The monoisotopic (exact) mass is 149 g/mol. The smallest absolute Gasteiger partial charge is 0.350 e. The van der Waals surface area contributed by atoms with E-state index in [1.165, 1.54) is 7.11 Å². The van der Waals surface area contributed by atoms with Crippen LogP contribution >= 0.6 is 0 Å². The first-order chi connectivity index (χ1) is 3.68.